The first kappa shape index (κ1) is 50.1. The molecule has 1 amide bonds. The number of carbonyl (C=O) groups excluding carboxylic acids is 4. The summed E-state index contributed by atoms with van der Waals surface area (Å²) in [7, 11) is 0. The molecule has 2 aliphatic heterocycles. The Hall–Kier alpha value is -6.26. The molecule has 7 rings (SSSR count). The highest BCUT2D eigenvalue weighted by molar-refractivity contribution is 5.81. The molecule has 16 nitrogen and oxygen atoms in total. The van der Waals surface area contributed by atoms with Crippen molar-refractivity contribution < 1.29 is 33.4 Å². The SMILES string of the molecule is CCOC(=O)C/C=C1/NCCn2cccc21.CCOC(=O)CCC(=O)NCCn1cccc1.CCOC(=O)CCC1NCCn2cccc21.NCCn1cccc1.c1cc[nH]c1. The van der Waals surface area contributed by atoms with E-state index >= 15 is 0 Å². The summed E-state index contributed by atoms with van der Waals surface area (Å²) in [6.45, 7) is 13.4. The quantitative estimate of drug-likeness (QED) is 0.0645. The van der Waals surface area contributed by atoms with Gasteiger partial charge in [0.2, 0.25) is 5.91 Å². The van der Waals surface area contributed by atoms with Gasteiger partial charge in [-0.15, -0.1) is 0 Å². The lowest BCUT2D eigenvalue weighted by atomic mass is 10.1. The molecule has 0 saturated heterocycles. The number of fused-ring (bicyclic) bond motifs is 2. The van der Waals surface area contributed by atoms with Gasteiger partial charge < -0.3 is 59.1 Å². The summed E-state index contributed by atoms with van der Waals surface area (Å²) in [6.07, 6.45) is 19.6. The van der Waals surface area contributed by atoms with E-state index in [4.69, 9.17) is 19.9 Å². The maximum absolute atomic E-state index is 11.4. The molecule has 7 heterocycles. The summed E-state index contributed by atoms with van der Waals surface area (Å²) < 4.78 is 23.0. The van der Waals surface area contributed by atoms with Gasteiger partial charge in [0.25, 0.3) is 0 Å². The van der Waals surface area contributed by atoms with Crippen LogP contribution in [0.3, 0.4) is 0 Å². The van der Waals surface area contributed by atoms with Gasteiger partial charge in [0, 0.05) is 127 Å². The van der Waals surface area contributed by atoms with Crippen molar-refractivity contribution in [3.05, 3.63) is 128 Å². The number of nitrogens with zero attached hydrogens (tertiary/aromatic N) is 4. The summed E-state index contributed by atoms with van der Waals surface area (Å²) in [4.78, 5) is 47.7. The summed E-state index contributed by atoms with van der Waals surface area (Å²) in [5.74, 6) is -0.730. The zero-order valence-electron chi connectivity index (χ0n) is 36.6. The van der Waals surface area contributed by atoms with E-state index in [1.54, 1.807) is 6.92 Å². The zero-order valence-corrected chi connectivity index (χ0v) is 36.6. The van der Waals surface area contributed by atoms with Gasteiger partial charge in [-0.3, -0.25) is 19.2 Å². The standard InChI is InChI=1S/C12H18N2O3.C12H18N2O2.C12H16N2O2.C6H10N2.C4H5N/c1-2-17-12(16)6-5-11(15)13-7-10-14-8-3-4-9-14;2*1-2-16-12(15)6-5-10-11-4-3-8-14(11)9-7-13-10;7-3-6-8-4-1-2-5-8;1-2-4-5-3-1/h3-4,8-9H,2,5-7,10H2,1H3,(H,13,15);3-4,8,10,13H,2,5-7,9H2,1H3;3-5,8,13H,2,6-7,9H2,1H3;1-2,4-5H,3,6-7H2;1-5H/b;;10-5+;;. The van der Waals surface area contributed by atoms with Crippen molar-refractivity contribution in [1.29, 1.82) is 0 Å². The van der Waals surface area contributed by atoms with E-state index in [1.165, 1.54) is 5.69 Å². The predicted octanol–water partition coefficient (Wildman–Crippen LogP) is 5.27. The summed E-state index contributed by atoms with van der Waals surface area (Å²) in [5.41, 5.74) is 8.73. The first-order valence-electron chi connectivity index (χ1n) is 21.5. The maximum atomic E-state index is 11.4. The highest BCUT2D eigenvalue weighted by atomic mass is 16.5. The largest absolute Gasteiger partial charge is 0.466 e. The number of aromatic amines is 1. The third-order valence-electron chi connectivity index (χ3n) is 9.23. The molecule has 62 heavy (non-hydrogen) atoms. The average molecular weight is 858 g/mol. The number of ether oxygens (including phenoxy) is 3. The van der Waals surface area contributed by atoms with Crippen molar-refractivity contribution in [2.45, 2.75) is 85.1 Å². The Morgan fingerprint density at radius 2 is 1.31 bits per heavy atom. The van der Waals surface area contributed by atoms with E-state index in [-0.39, 0.29) is 42.7 Å². The van der Waals surface area contributed by atoms with E-state index in [9.17, 15) is 19.2 Å². The Labute approximate surface area is 365 Å². The molecule has 2 aliphatic rings. The van der Waals surface area contributed by atoms with E-state index in [1.807, 2.05) is 116 Å². The van der Waals surface area contributed by atoms with Crippen molar-refractivity contribution in [2.75, 3.05) is 46.0 Å². The van der Waals surface area contributed by atoms with Gasteiger partial charge in [-0.25, -0.2) is 0 Å². The second-order valence-corrected chi connectivity index (χ2v) is 13.8. The molecule has 16 heteroatoms. The van der Waals surface area contributed by atoms with Crippen molar-refractivity contribution in [2.24, 2.45) is 5.73 Å². The Bertz CT molecular complexity index is 1930. The Morgan fingerprint density at radius 3 is 1.94 bits per heavy atom. The minimum absolute atomic E-state index is 0.104. The summed E-state index contributed by atoms with van der Waals surface area (Å²) in [6, 6.07) is 20.3. The number of hydrogen-bond donors (Lipinski definition) is 5. The van der Waals surface area contributed by atoms with Crippen LogP contribution in [0.25, 0.3) is 5.70 Å². The molecule has 1 unspecified atom stereocenters. The molecule has 0 bridgehead atoms. The van der Waals surface area contributed by atoms with E-state index in [0.29, 0.717) is 45.8 Å². The molecule has 0 fully saturated rings. The van der Waals surface area contributed by atoms with E-state index in [2.05, 4.69) is 53.0 Å². The lowest BCUT2D eigenvalue weighted by molar-refractivity contribution is -0.144. The highest BCUT2D eigenvalue weighted by Gasteiger charge is 2.20. The molecule has 0 spiro atoms. The Balaban J connectivity index is 0.000000216. The minimum atomic E-state index is -0.326. The number of hydrogen-bond acceptors (Lipinski definition) is 10. The van der Waals surface area contributed by atoms with Crippen LogP contribution in [0, 0.1) is 0 Å². The summed E-state index contributed by atoms with van der Waals surface area (Å²) in [5, 5.41) is 9.47. The molecule has 6 N–H and O–H groups in total. The highest BCUT2D eigenvalue weighted by Crippen LogP contribution is 2.22. The van der Waals surface area contributed by atoms with Crippen LogP contribution in [-0.2, 0) is 59.6 Å². The number of nitrogens with one attached hydrogen (secondary N) is 4. The predicted molar refractivity (Wildman–Crippen MR) is 240 cm³/mol. The van der Waals surface area contributed by atoms with Crippen LogP contribution in [0.2, 0.25) is 0 Å². The fraction of sp³-hybridized carbons (Fsp3) is 0.435. The van der Waals surface area contributed by atoms with Crippen LogP contribution in [0.1, 0.15) is 70.3 Å². The molecule has 0 aliphatic carbocycles. The molecule has 0 radical (unpaired) electrons. The van der Waals surface area contributed by atoms with Crippen LogP contribution < -0.4 is 21.7 Å². The third kappa shape index (κ3) is 20.3. The van der Waals surface area contributed by atoms with Crippen molar-refractivity contribution in [1.82, 2.24) is 39.2 Å². The van der Waals surface area contributed by atoms with Gasteiger partial charge in [0.15, 0.2) is 0 Å². The summed E-state index contributed by atoms with van der Waals surface area (Å²) >= 11 is 0. The molecular formula is C46H67N9O7. The number of carbonyl (C=O) groups is 4. The second kappa shape index (κ2) is 30.7. The molecule has 338 valence electrons. The van der Waals surface area contributed by atoms with Crippen molar-refractivity contribution in [3.63, 3.8) is 0 Å². The van der Waals surface area contributed by atoms with Crippen LogP contribution >= 0.6 is 0 Å². The average Bonchev–Trinajstić information content (AvgIpc) is 4.14. The second-order valence-electron chi connectivity index (χ2n) is 13.8. The van der Waals surface area contributed by atoms with Gasteiger partial charge in [-0.1, -0.05) is 0 Å². The number of nitrogens with two attached hydrogens (primary N) is 1. The molecule has 0 saturated carbocycles. The Morgan fingerprint density at radius 1 is 0.710 bits per heavy atom. The maximum Gasteiger partial charge on any atom is 0.309 e. The third-order valence-corrected chi connectivity index (χ3v) is 9.23. The van der Waals surface area contributed by atoms with Gasteiger partial charge in [-0.05, 0) is 93.9 Å². The van der Waals surface area contributed by atoms with Crippen LogP contribution in [0.5, 0.6) is 0 Å². The van der Waals surface area contributed by atoms with Crippen LogP contribution in [0.4, 0.5) is 0 Å². The van der Waals surface area contributed by atoms with Gasteiger partial charge in [-0.2, -0.15) is 0 Å². The number of esters is 3. The van der Waals surface area contributed by atoms with Gasteiger partial charge >= 0.3 is 17.9 Å². The van der Waals surface area contributed by atoms with E-state index in [0.717, 1.165) is 57.1 Å². The fourth-order valence-corrected chi connectivity index (χ4v) is 6.32. The van der Waals surface area contributed by atoms with Crippen LogP contribution in [-0.4, -0.2) is 93.1 Å². The molecule has 1 atom stereocenters. The topological polar surface area (TPSA) is 194 Å². The number of amides is 1. The lowest BCUT2D eigenvalue weighted by Crippen LogP contribution is -2.33. The first-order valence-corrected chi connectivity index (χ1v) is 21.5. The number of aromatic nitrogens is 5. The van der Waals surface area contributed by atoms with Crippen molar-refractivity contribution >= 4 is 29.5 Å². The first-order chi connectivity index (χ1) is 30.3. The Kier molecular flexibility index (Phi) is 24.8. The van der Waals surface area contributed by atoms with Crippen LogP contribution in [0.15, 0.2) is 116 Å². The smallest absolute Gasteiger partial charge is 0.309 e. The van der Waals surface area contributed by atoms with Gasteiger partial charge in [0.05, 0.1) is 44.1 Å². The number of rotatable bonds is 16. The molecule has 5 aromatic heterocycles. The van der Waals surface area contributed by atoms with Gasteiger partial charge in [0.1, 0.15) is 0 Å². The fourth-order valence-electron chi connectivity index (χ4n) is 6.32. The molecule has 5 aromatic rings. The molecule has 0 aromatic carbocycles. The number of H-pyrrole nitrogens is 1. The monoisotopic (exact) mass is 858 g/mol. The zero-order chi connectivity index (χ0) is 44.6. The van der Waals surface area contributed by atoms with Crippen molar-refractivity contribution in [3.8, 4) is 0 Å². The minimum Gasteiger partial charge on any atom is -0.466 e. The molecular weight excluding hydrogens is 791 g/mol. The lowest BCUT2D eigenvalue weighted by Gasteiger charge is -2.26. The van der Waals surface area contributed by atoms with E-state index < -0.39 is 0 Å². The normalized spacial score (nSPS) is 13.9.